The number of amides is 1. The smallest absolute Gasteiger partial charge is 0.304 e. The number of benzene rings is 1. The first-order valence-corrected chi connectivity index (χ1v) is 6.77. The van der Waals surface area contributed by atoms with Crippen molar-refractivity contribution in [2.75, 3.05) is 25.5 Å². The van der Waals surface area contributed by atoms with Gasteiger partial charge < -0.3 is 10.4 Å². The number of aliphatic carboxylic acids is 1. The minimum absolute atomic E-state index is 0. The summed E-state index contributed by atoms with van der Waals surface area (Å²) in [5.74, 6) is -1.23. The summed E-state index contributed by atoms with van der Waals surface area (Å²) in [6.07, 6.45) is -0.0304. The van der Waals surface area contributed by atoms with Gasteiger partial charge >= 0.3 is 5.97 Å². The van der Waals surface area contributed by atoms with Crippen LogP contribution in [0.4, 0.5) is 5.69 Å². The van der Waals surface area contributed by atoms with E-state index in [0.29, 0.717) is 10.7 Å². The summed E-state index contributed by atoms with van der Waals surface area (Å²) in [4.78, 5) is 23.8. The molecule has 118 valence electrons. The second-order valence-corrected chi connectivity index (χ2v) is 5.40. The summed E-state index contributed by atoms with van der Waals surface area (Å²) in [6, 6.07) is 2.90. The maximum atomic E-state index is 11.8. The predicted octanol–water partition coefficient (Wildman–Crippen LogP) is 3.41. The number of rotatable bonds is 6. The van der Waals surface area contributed by atoms with Crippen molar-refractivity contribution in [1.29, 1.82) is 0 Å². The van der Waals surface area contributed by atoms with Crippen molar-refractivity contribution in [3.63, 3.8) is 0 Å². The highest BCUT2D eigenvalue weighted by Gasteiger charge is 2.12. The fourth-order valence-electron chi connectivity index (χ4n) is 1.42. The number of nitrogens with zero attached hydrogens (tertiary/aromatic N) is 1. The van der Waals surface area contributed by atoms with Crippen LogP contribution in [0, 0.1) is 0 Å². The Morgan fingerprint density at radius 3 is 2.33 bits per heavy atom. The van der Waals surface area contributed by atoms with Gasteiger partial charge in [-0.15, -0.1) is 12.4 Å². The van der Waals surface area contributed by atoms with Crippen LogP contribution < -0.4 is 5.32 Å². The Morgan fingerprint density at radius 2 is 1.76 bits per heavy atom. The van der Waals surface area contributed by atoms with Crippen molar-refractivity contribution in [3.8, 4) is 0 Å². The highest BCUT2D eigenvalue weighted by Crippen LogP contribution is 2.32. The monoisotopic (exact) mass is 374 g/mol. The number of nitrogens with one attached hydrogen (secondary N) is 1. The van der Waals surface area contributed by atoms with Gasteiger partial charge in [0.2, 0.25) is 5.91 Å². The molecule has 0 atom stereocenters. The van der Waals surface area contributed by atoms with Crippen molar-refractivity contribution in [1.82, 2.24) is 4.90 Å². The van der Waals surface area contributed by atoms with Gasteiger partial charge in [-0.1, -0.05) is 34.8 Å². The summed E-state index contributed by atoms with van der Waals surface area (Å²) >= 11 is 17.6. The van der Waals surface area contributed by atoms with Crippen molar-refractivity contribution < 1.29 is 14.7 Å². The van der Waals surface area contributed by atoms with E-state index in [1.54, 1.807) is 11.9 Å². The van der Waals surface area contributed by atoms with Crippen LogP contribution in [0.15, 0.2) is 12.1 Å². The summed E-state index contributed by atoms with van der Waals surface area (Å²) in [6.45, 7) is 0.321. The lowest BCUT2D eigenvalue weighted by Crippen LogP contribution is -2.31. The Morgan fingerprint density at radius 1 is 1.19 bits per heavy atom. The lowest BCUT2D eigenvalue weighted by atomic mass is 10.3. The van der Waals surface area contributed by atoms with Gasteiger partial charge in [-0.3, -0.25) is 14.5 Å². The van der Waals surface area contributed by atoms with Gasteiger partial charge in [0.25, 0.3) is 0 Å². The molecule has 0 spiro atoms. The molecule has 0 unspecified atom stereocenters. The van der Waals surface area contributed by atoms with Crippen molar-refractivity contribution in [2.24, 2.45) is 0 Å². The molecule has 1 aromatic carbocycles. The maximum absolute atomic E-state index is 11.8. The molecule has 1 aromatic rings. The first-order chi connectivity index (χ1) is 9.29. The topological polar surface area (TPSA) is 69.6 Å². The minimum Gasteiger partial charge on any atom is -0.481 e. The standard InChI is InChI=1S/C12H13Cl3N2O3.ClH/c1-17(3-2-12(19)20)6-11(18)16-10-5-8(14)7(13)4-9(10)15;/h4-5H,2-3,6H2,1H3,(H,16,18)(H,19,20);1H. The molecule has 5 nitrogen and oxygen atoms in total. The lowest BCUT2D eigenvalue weighted by Gasteiger charge is -2.15. The predicted molar refractivity (Wildman–Crippen MR) is 87.1 cm³/mol. The average molecular weight is 376 g/mol. The molecule has 1 amide bonds. The van der Waals surface area contributed by atoms with E-state index in [1.165, 1.54) is 12.1 Å². The zero-order valence-electron chi connectivity index (χ0n) is 11.0. The number of carboxylic acid groups (broad SMARTS) is 1. The Hall–Kier alpha value is -0.720. The van der Waals surface area contributed by atoms with E-state index in [9.17, 15) is 9.59 Å². The highest BCUT2D eigenvalue weighted by atomic mass is 35.5. The van der Waals surface area contributed by atoms with E-state index in [2.05, 4.69) is 5.32 Å². The lowest BCUT2D eigenvalue weighted by molar-refractivity contribution is -0.137. The zero-order chi connectivity index (χ0) is 15.3. The SMILES string of the molecule is CN(CCC(=O)O)CC(=O)Nc1cc(Cl)c(Cl)cc1Cl.Cl. The molecule has 9 heteroatoms. The minimum atomic E-state index is -0.912. The molecule has 0 aliphatic carbocycles. The van der Waals surface area contributed by atoms with E-state index in [0.717, 1.165) is 0 Å². The van der Waals surface area contributed by atoms with Crippen LogP contribution in [0.5, 0.6) is 0 Å². The number of anilines is 1. The fraction of sp³-hybridized carbons (Fsp3) is 0.333. The highest BCUT2D eigenvalue weighted by molar-refractivity contribution is 6.44. The van der Waals surface area contributed by atoms with Crippen LogP contribution >= 0.6 is 47.2 Å². The molecule has 21 heavy (non-hydrogen) atoms. The van der Waals surface area contributed by atoms with Gasteiger partial charge in [0.1, 0.15) is 0 Å². The number of likely N-dealkylation sites (N-methyl/N-ethyl adjacent to an activating group) is 1. The summed E-state index contributed by atoms with van der Waals surface area (Å²) in [7, 11) is 1.65. The zero-order valence-corrected chi connectivity index (χ0v) is 14.1. The molecule has 0 heterocycles. The summed E-state index contributed by atoms with van der Waals surface area (Å²) < 4.78 is 0. The largest absolute Gasteiger partial charge is 0.481 e. The molecule has 0 fully saturated rings. The molecule has 2 N–H and O–H groups in total. The normalized spacial score (nSPS) is 10.1. The van der Waals surface area contributed by atoms with E-state index >= 15 is 0 Å². The molecule has 0 aliphatic heterocycles. The molecular weight excluding hydrogens is 362 g/mol. The average Bonchev–Trinajstić information content (AvgIpc) is 2.33. The van der Waals surface area contributed by atoms with Crippen LogP contribution in [0.2, 0.25) is 15.1 Å². The Kier molecular flexibility index (Phi) is 9.01. The van der Waals surface area contributed by atoms with E-state index < -0.39 is 5.97 Å². The second-order valence-electron chi connectivity index (χ2n) is 4.18. The molecule has 0 bridgehead atoms. The van der Waals surface area contributed by atoms with Crippen LogP contribution in [-0.2, 0) is 9.59 Å². The van der Waals surface area contributed by atoms with Gasteiger partial charge in [-0.05, 0) is 19.2 Å². The maximum Gasteiger partial charge on any atom is 0.304 e. The molecule has 0 saturated heterocycles. The Labute approximate surface area is 143 Å². The summed E-state index contributed by atoms with van der Waals surface area (Å²) in [5.41, 5.74) is 0.359. The van der Waals surface area contributed by atoms with Crippen molar-refractivity contribution >= 4 is 64.8 Å². The number of halogens is 4. The van der Waals surface area contributed by atoms with Gasteiger partial charge in [-0.2, -0.15) is 0 Å². The first kappa shape index (κ1) is 20.3. The van der Waals surface area contributed by atoms with E-state index in [-0.39, 0.29) is 47.9 Å². The molecule has 0 radical (unpaired) electrons. The molecule has 0 saturated carbocycles. The quantitative estimate of drug-likeness (QED) is 0.747. The van der Waals surface area contributed by atoms with Gasteiger partial charge in [0.15, 0.2) is 0 Å². The van der Waals surface area contributed by atoms with Gasteiger partial charge in [0, 0.05) is 6.54 Å². The van der Waals surface area contributed by atoms with Crippen LogP contribution in [-0.4, -0.2) is 42.0 Å². The number of carbonyl (C=O) groups excluding carboxylic acids is 1. The van der Waals surface area contributed by atoms with Gasteiger partial charge in [0.05, 0.1) is 33.7 Å². The third-order valence-electron chi connectivity index (χ3n) is 2.40. The number of carboxylic acids is 1. The Balaban J connectivity index is 0.00000400. The van der Waals surface area contributed by atoms with E-state index in [4.69, 9.17) is 39.9 Å². The molecule has 1 rings (SSSR count). The fourth-order valence-corrected chi connectivity index (χ4v) is 2.01. The number of hydrogen-bond acceptors (Lipinski definition) is 3. The molecule has 0 aliphatic rings. The second kappa shape index (κ2) is 9.33. The summed E-state index contributed by atoms with van der Waals surface area (Å²) in [5, 5.41) is 12.0. The number of carbonyl (C=O) groups is 2. The Bertz CT molecular complexity index is 525. The van der Waals surface area contributed by atoms with E-state index in [1.807, 2.05) is 0 Å². The van der Waals surface area contributed by atoms with Crippen LogP contribution in [0.25, 0.3) is 0 Å². The molecular formula is C12H14Cl4N2O3. The van der Waals surface area contributed by atoms with Gasteiger partial charge in [-0.25, -0.2) is 0 Å². The first-order valence-electron chi connectivity index (χ1n) is 5.64. The van der Waals surface area contributed by atoms with Crippen molar-refractivity contribution in [2.45, 2.75) is 6.42 Å². The van der Waals surface area contributed by atoms with Crippen molar-refractivity contribution in [3.05, 3.63) is 27.2 Å². The number of hydrogen-bond donors (Lipinski definition) is 2. The van der Waals surface area contributed by atoms with Crippen LogP contribution in [0.1, 0.15) is 6.42 Å². The molecule has 0 aromatic heterocycles. The third-order valence-corrected chi connectivity index (χ3v) is 3.44. The van der Waals surface area contributed by atoms with Crippen LogP contribution in [0.3, 0.4) is 0 Å². The third kappa shape index (κ3) is 7.20.